The largest absolute Gasteiger partial charge is 0.480 e. The lowest BCUT2D eigenvalue weighted by atomic mass is 10.2. The number of hydrogen-bond donors (Lipinski definition) is 3. The van der Waals surface area contributed by atoms with Gasteiger partial charge in [-0.1, -0.05) is 0 Å². The minimum Gasteiger partial charge on any atom is -0.480 e. The van der Waals surface area contributed by atoms with Crippen LogP contribution in [-0.2, 0) is 9.59 Å². The highest BCUT2D eigenvalue weighted by atomic mass is 32.2. The second-order valence-corrected chi connectivity index (χ2v) is 6.08. The van der Waals surface area contributed by atoms with Crippen LogP contribution in [-0.4, -0.2) is 58.2 Å². The van der Waals surface area contributed by atoms with E-state index in [1.165, 1.54) is 16.7 Å². The Morgan fingerprint density at radius 3 is 2.55 bits per heavy atom. The van der Waals surface area contributed by atoms with Crippen molar-refractivity contribution < 1.29 is 19.5 Å². The molecule has 2 aliphatic rings. The maximum absolute atomic E-state index is 12.2. The van der Waals surface area contributed by atoms with Gasteiger partial charge in [-0.3, -0.25) is 9.69 Å². The quantitative estimate of drug-likeness (QED) is 0.667. The molecule has 1 aliphatic heterocycles. The van der Waals surface area contributed by atoms with Gasteiger partial charge in [0.2, 0.25) is 5.91 Å². The maximum atomic E-state index is 12.2. The first kappa shape index (κ1) is 15.0. The summed E-state index contributed by atoms with van der Waals surface area (Å²) in [5.41, 5.74) is 0. The third-order valence-electron chi connectivity index (χ3n) is 3.35. The van der Waals surface area contributed by atoms with E-state index >= 15 is 0 Å². The number of carbonyl (C=O) groups is 3. The summed E-state index contributed by atoms with van der Waals surface area (Å²) in [6, 6.07) is -1.27. The molecule has 1 saturated heterocycles. The second kappa shape index (κ2) is 6.34. The van der Waals surface area contributed by atoms with Crippen LogP contribution >= 0.6 is 11.8 Å². The van der Waals surface area contributed by atoms with Crippen molar-refractivity contribution in [2.75, 3.05) is 18.8 Å². The Morgan fingerprint density at radius 2 is 2.00 bits per heavy atom. The molecule has 0 spiro atoms. The van der Waals surface area contributed by atoms with E-state index in [9.17, 15) is 19.5 Å². The van der Waals surface area contributed by atoms with Crippen molar-refractivity contribution in [3.63, 3.8) is 0 Å². The molecule has 3 N–H and O–H groups in total. The lowest BCUT2D eigenvalue weighted by Crippen LogP contribution is -2.52. The molecule has 2 rings (SSSR count). The van der Waals surface area contributed by atoms with E-state index in [0.717, 1.165) is 12.8 Å². The summed E-state index contributed by atoms with van der Waals surface area (Å²) in [6.45, 7) is 2.16. The molecule has 8 heteroatoms. The van der Waals surface area contributed by atoms with Gasteiger partial charge in [0, 0.05) is 12.3 Å². The standard InChI is InChI=1S/C12H19N3O4S/c1-2-13-9(16)5-14-12(19)15-8(11(17)18)6-20-10(15)7-3-4-7/h7-8,10H,2-6H2,1H3,(H,13,16)(H,14,19)(H,17,18). The Kier molecular flexibility index (Phi) is 4.74. The summed E-state index contributed by atoms with van der Waals surface area (Å²) in [7, 11) is 0. The van der Waals surface area contributed by atoms with E-state index in [1.54, 1.807) is 6.92 Å². The third kappa shape index (κ3) is 3.36. The minimum absolute atomic E-state index is 0.0784. The van der Waals surface area contributed by atoms with E-state index in [0.29, 0.717) is 18.2 Å². The van der Waals surface area contributed by atoms with E-state index in [2.05, 4.69) is 10.6 Å². The van der Waals surface area contributed by atoms with Gasteiger partial charge < -0.3 is 15.7 Å². The van der Waals surface area contributed by atoms with E-state index in [-0.39, 0.29) is 17.8 Å². The van der Waals surface area contributed by atoms with Crippen LogP contribution in [0.4, 0.5) is 4.79 Å². The molecule has 0 aromatic rings. The number of hydrogen-bond acceptors (Lipinski definition) is 4. The van der Waals surface area contributed by atoms with Crippen LogP contribution in [0.25, 0.3) is 0 Å². The summed E-state index contributed by atoms with van der Waals surface area (Å²) >= 11 is 1.51. The fourth-order valence-electron chi connectivity index (χ4n) is 2.23. The lowest BCUT2D eigenvalue weighted by molar-refractivity contribution is -0.141. The monoisotopic (exact) mass is 301 g/mol. The van der Waals surface area contributed by atoms with E-state index < -0.39 is 18.0 Å². The number of likely N-dealkylation sites (N-methyl/N-ethyl adjacent to an activating group) is 1. The average molecular weight is 301 g/mol. The number of aliphatic carboxylic acids is 1. The highest BCUT2D eigenvalue weighted by molar-refractivity contribution is 8.00. The molecule has 2 fully saturated rings. The van der Waals surface area contributed by atoms with E-state index in [1.807, 2.05) is 0 Å². The lowest BCUT2D eigenvalue weighted by Gasteiger charge is -2.27. The predicted molar refractivity (Wildman–Crippen MR) is 74.3 cm³/mol. The zero-order valence-electron chi connectivity index (χ0n) is 11.3. The zero-order chi connectivity index (χ0) is 14.7. The van der Waals surface area contributed by atoms with Gasteiger partial charge in [-0.05, 0) is 25.7 Å². The first-order valence-corrected chi connectivity index (χ1v) is 7.76. The van der Waals surface area contributed by atoms with Gasteiger partial charge in [-0.25, -0.2) is 9.59 Å². The van der Waals surface area contributed by atoms with Crippen LogP contribution in [0.1, 0.15) is 19.8 Å². The van der Waals surface area contributed by atoms with Crippen molar-refractivity contribution in [2.24, 2.45) is 5.92 Å². The average Bonchev–Trinajstić information content (AvgIpc) is 3.14. The Balaban J connectivity index is 1.96. The number of urea groups is 1. The van der Waals surface area contributed by atoms with Gasteiger partial charge in [0.1, 0.15) is 6.04 Å². The Bertz CT molecular complexity index is 414. The van der Waals surface area contributed by atoms with Crippen LogP contribution < -0.4 is 10.6 Å². The number of carboxylic acid groups (broad SMARTS) is 1. The van der Waals surface area contributed by atoms with Crippen LogP contribution in [0, 0.1) is 5.92 Å². The van der Waals surface area contributed by atoms with Gasteiger partial charge in [-0.15, -0.1) is 11.8 Å². The molecule has 2 atom stereocenters. The molecule has 2 unspecified atom stereocenters. The summed E-state index contributed by atoms with van der Waals surface area (Å²) in [6.07, 6.45) is 2.06. The molecule has 112 valence electrons. The molecule has 1 aliphatic carbocycles. The molecular weight excluding hydrogens is 282 g/mol. The number of nitrogens with one attached hydrogen (secondary N) is 2. The van der Waals surface area contributed by atoms with Crippen molar-refractivity contribution in [1.29, 1.82) is 0 Å². The Hall–Kier alpha value is -1.44. The van der Waals surface area contributed by atoms with Gasteiger partial charge in [-0.2, -0.15) is 0 Å². The molecule has 3 amide bonds. The van der Waals surface area contributed by atoms with Crippen LogP contribution in [0.15, 0.2) is 0 Å². The number of nitrogens with zero attached hydrogens (tertiary/aromatic N) is 1. The zero-order valence-corrected chi connectivity index (χ0v) is 12.1. The maximum Gasteiger partial charge on any atom is 0.327 e. The molecule has 1 saturated carbocycles. The van der Waals surface area contributed by atoms with Crippen molar-refractivity contribution in [2.45, 2.75) is 31.2 Å². The van der Waals surface area contributed by atoms with Crippen molar-refractivity contribution in [1.82, 2.24) is 15.5 Å². The summed E-state index contributed by atoms with van der Waals surface area (Å²) in [4.78, 5) is 36.1. The van der Waals surface area contributed by atoms with Gasteiger partial charge in [0.15, 0.2) is 0 Å². The summed E-state index contributed by atoms with van der Waals surface area (Å²) in [5, 5.41) is 14.2. The fraction of sp³-hybridized carbons (Fsp3) is 0.750. The molecule has 0 bridgehead atoms. The number of amides is 3. The first-order chi connectivity index (χ1) is 9.54. The topological polar surface area (TPSA) is 98.7 Å². The fourth-order valence-corrected chi connectivity index (χ4v) is 3.86. The van der Waals surface area contributed by atoms with Crippen molar-refractivity contribution >= 4 is 29.7 Å². The summed E-state index contributed by atoms with van der Waals surface area (Å²) < 4.78 is 0. The molecule has 0 aromatic heterocycles. The van der Waals surface area contributed by atoms with Crippen LogP contribution in [0.3, 0.4) is 0 Å². The molecule has 0 aromatic carbocycles. The molecular formula is C12H19N3O4S. The predicted octanol–water partition coefficient (Wildman–Crippen LogP) is 0.0702. The van der Waals surface area contributed by atoms with Gasteiger partial charge >= 0.3 is 12.0 Å². The minimum atomic E-state index is -0.992. The highest BCUT2D eigenvalue weighted by Gasteiger charge is 2.48. The number of carbonyl (C=O) groups excluding carboxylic acids is 2. The third-order valence-corrected chi connectivity index (χ3v) is 4.82. The normalized spacial score (nSPS) is 25.4. The SMILES string of the molecule is CCNC(=O)CNC(=O)N1C(C(=O)O)CSC1C1CC1. The van der Waals surface area contributed by atoms with Crippen molar-refractivity contribution in [3.05, 3.63) is 0 Å². The number of carboxylic acids is 1. The Morgan fingerprint density at radius 1 is 1.30 bits per heavy atom. The number of rotatable bonds is 5. The van der Waals surface area contributed by atoms with Gasteiger partial charge in [0.05, 0.1) is 11.9 Å². The molecule has 7 nitrogen and oxygen atoms in total. The number of thioether (sulfide) groups is 1. The Labute approximate surface area is 121 Å². The smallest absolute Gasteiger partial charge is 0.327 e. The second-order valence-electron chi connectivity index (χ2n) is 4.93. The summed E-state index contributed by atoms with van der Waals surface area (Å²) in [5.74, 6) is -0.471. The van der Waals surface area contributed by atoms with Gasteiger partial charge in [0.25, 0.3) is 0 Å². The van der Waals surface area contributed by atoms with Crippen LogP contribution in [0.2, 0.25) is 0 Å². The van der Waals surface area contributed by atoms with Crippen LogP contribution in [0.5, 0.6) is 0 Å². The first-order valence-electron chi connectivity index (χ1n) is 6.71. The van der Waals surface area contributed by atoms with E-state index in [4.69, 9.17) is 0 Å². The van der Waals surface area contributed by atoms with Crippen molar-refractivity contribution in [3.8, 4) is 0 Å². The molecule has 1 heterocycles. The molecule has 0 radical (unpaired) electrons. The molecule has 20 heavy (non-hydrogen) atoms. The highest BCUT2D eigenvalue weighted by Crippen LogP contribution is 2.45.